The standard InChI is InChI=1S/C14H25NO5/c1-11(2)5-7-14(18)20-10-4-9-15-12(16)6-8-13(17)19-3/h11H,4-10H2,1-3H3,(H,15,16). The molecule has 0 saturated heterocycles. The molecule has 6 heteroatoms. The van der Waals surface area contributed by atoms with Crippen LogP contribution in [0.25, 0.3) is 0 Å². The molecular formula is C14H25NO5. The Bertz CT molecular complexity index is 315. The highest BCUT2D eigenvalue weighted by Crippen LogP contribution is 2.04. The SMILES string of the molecule is COC(=O)CCC(=O)NCCCOC(=O)CCC(C)C. The molecule has 0 saturated carbocycles. The maximum Gasteiger partial charge on any atom is 0.306 e. The van der Waals surface area contributed by atoms with Crippen LogP contribution in [0.3, 0.4) is 0 Å². The van der Waals surface area contributed by atoms with E-state index in [1.807, 2.05) is 0 Å². The highest BCUT2D eigenvalue weighted by Gasteiger charge is 2.07. The van der Waals surface area contributed by atoms with Gasteiger partial charge in [0, 0.05) is 19.4 Å². The third-order valence-corrected chi connectivity index (χ3v) is 2.62. The smallest absolute Gasteiger partial charge is 0.306 e. The average Bonchev–Trinajstić information content (AvgIpc) is 2.41. The summed E-state index contributed by atoms with van der Waals surface area (Å²) in [7, 11) is 1.29. The minimum absolute atomic E-state index is 0.0759. The second-order valence-electron chi connectivity index (χ2n) is 4.93. The lowest BCUT2D eigenvalue weighted by atomic mass is 10.1. The summed E-state index contributed by atoms with van der Waals surface area (Å²) >= 11 is 0. The van der Waals surface area contributed by atoms with Gasteiger partial charge in [-0.05, 0) is 18.8 Å². The van der Waals surface area contributed by atoms with Crippen molar-refractivity contribution in [3.8, 4) is 0 Å². The fraction of sp³-hybridized carbons (Fsp3) is 0.786. The number of rotatable bonds is 10. The van der Waals surface area contributed by atoms with Gasteiger partial charge in [-0.25, -0.2) is 0 Å². The van der Waals surface area contributed by atoms with Gasteiger partial charge in [0.25, 0.3) is 0 Å². The predicted molar refractivity (Wildman–Crippen MR) is 73.9 cm³/mol. The first-order chi connectivity index (χ1) is 9.45. The largest absolute Gasteiger partial charge is 0.469 e. The van der Waals surface area contributed by atoms with Crippen molar-refractivity contribution >= 4 is 17.8 Å². The second kappa shape index (κ2) is 11.3. The summed E-state index contributed by atoms with van der Waals surface area (Å²) in [5.41, 5.74) is 0. The Balaban J connectivity index is 3.45. The van der Waals surface area contributed by atoms with Crippen LogP contribution in [0, 0.1) is 5.92 Å². The van der Waals surface area contributed by atoms with Gasteiger partial charge < -0.3 is 14.8 Å². The van der Waals surface area contributed by atoms with Crippen LogP contribution in [-0.4, -0.2) is 38.1 Å². The van der Waals surface area contributed by atoms with Gasteiger partial charge in [0.05, 0.1) is 20.1 Å². The quantitative estimate of drug-likeness (QED) is 0.485. The van der Waals surface area contributed by atoms with Gasteiger partial charge in [-0.3, -0.25) is 14.4 Å². The molecule has 0 aromatic carbocycles. The topological polar surface area (TPSA) is 81.7 Å². The Morgan fingerprint density at radius 3 is 2.35 bits per heavy atom. The van der Waals surface area contributed by atoms with Crippen molar-refractivity contribution in [1.82, 2.24) is 5.32 Å². The molecule has 0 bridgehead atoms. The molecule has 0 unspecified atom stereocenters. The first kappa shape index (κ1) is 18.4. The molecule has 1 amide bonds. The van der Waals surface area contributed by atoms with Gasteiger partial charge in [0.2, 0.25) is 5.91 Å². The Labute approximate surface area is 120 Å². The summed E-state index contributed by atoms with van der Waals surface area (Å²) in [6.45, 7) is 4.83. The molecule has 0 atom stereocenters. The Kier molecular flexibility index (Phi) is 10.4. The summed E-state index contributed by atoms with van der Waals surface area (Å²) in [6.07, 6.45) is 2.01. The minimum Gasteiger partial charge on any atom is -0.469 e. The third-order valence-electron chi connectivity index (χ3n) is 2.62. The molecule has 0 heterocycles. The number of carbonyl (C=O) groups is 3. The van der Waals surface area contributed by atoms with E-state index in [2.05, 4.69) is 23.9 Å². The molecular weight excluding hydrogens is 262 g/mol. The summed E-state index contributed by atoms with van der Waals surface area (Å²) in [5, 5.41) is 2.65. The Hall–Kier alpha value is -1.59. The number of ether oxygens (including phenoxy) is 2. The van der Waals surface area contributed by atoms with Crippen LogP contribution in [0.2, 0.25) is 0 Å². The number of methoxy groups -OCH3 is 1. The van der Waals surface area contributed by atoms with E-state index in [-0.39, 0.29) is 24.7 Å². The molecule has 1 N–H and O–H groups in total. The maximum atomic E-state index is 11.3. The van der Waals surface area contributed by atoms with E-state index in [0.29, 0.717) is 31.9 Å². The Morgan fingerprint density at radius 1 is 1.05 bits per heavy atom. The fourth-order valence-corrected chi connectivity index (χ4v) is 1.37. The number of hydrogen-bond acceptors (Lipinski definition) is 5. The number of hydrogen-bond donors (Lipinski definition) is 1. The van der Waals surface area contributed by atoms with Crippen LogP contribution in [-0.2, 0) is 23.9 Å². The van der Waals surface area contributed by atoms with Crippen LogP contribution in [0.1, 0.15) is 46.0 Å². The van der Waals surface area contributed by atoms with Crippen molar-refractivity contribution in [2.24, 2.45) is 5.92 Å². The summed E-state index contributed by atoms with van der Waals surface area (Å²) in [6, 6.07) is 0. The third kappa shape index (κ3) is 11.5. The van der Waals surface area contributed by atoms with Crippen LogP contribution in [0.15, 0.2) is 0 Å². The van der Waals surface area contributed by atoms with Gasteiger partial charge in [-0.1, -0.05) is 13.8 Å². The highest BCUT2D eigenvalue weighted by atomic mass is 16.5. The molecule has 0 aliphatic rings. The zero-order chi connectivity index (χ0) is 15.4. The lowest BCUT2D eigenvalue weighted by Crippen LogP contribution is -2.26. The normalized spacial score (nSPS) is 10.2. The minimum atomic E-state index is -0.403. The van der Waals surface area contributed by atoms with Crippen molar-refractivity contribution < 1.29 is 23.9 Å². The number of esters is 2. The lowest BCUT2D eigenvalue weighted by Gasteiger charge is -2.07. The van der Waals surface area contributed by atoms with Crippen LogP contribution >= 0.6 is 0 Å². The maximum absolute atomic E-state index is 11.3. The molecule has 116 valence electrons. The molecule has 0 aliphatic heterocycles. The summed E-state index contributed by atoms with van der Waals surface area (Å²) in [5.74, 6) is -0.326. The number of nitrogens with one attached hydrogen (secondary N) is 1. The fourth-order valence-electron chi connectivity index (χ4n) is 1.37. The molecule has 20 heavy (non-hydrogen) atoms. The van der Waals surface area contributed by atoms with Gasteiger partial charge >= 0.3 is 11.9 Å². The van der Waals surface area contributed by atoms with Crippen molar-refractivity contribution in [2.45, 2.75) is 46.0 Å². The lowest BCUT2D eigenvalue weighted by molar-refractivity contribution is -0.144. The van der Waals surface area contributed by atoms with Gasteiger partial charge in [0.1, 0.15) is 0 Å². The van der Waals surface area contributed by atoms with E-state index in [1.165, 1.54) is 7.11 Å². The first-order valence-corrected chi connectivity index (χ1v) is 6.94. The Morgan fingerprint density at radius 2 is 1.75 bits per heavy atom. The van der Waals surface area contributed by atoms with Gasteiger partial charge in [-0.15, -0.1) is 0 Å². The van der Waals surface area contributed by atoms with Crippen molar-refractivity contribution in [3.05, 3.63) is 0 Å². The van der Waals surface area contributed by atoms with Crippen molar-refractivity contribution in [1.29, 1.82) is 0 Å². The molecule has 0 rings (SSSR count). The highest BCUT2D eigenvalue weighted by molar-refractivity contribution is 5.81. The van der Waals surface area contributed by atoms with E-state index < -0.39 is 5.97 Å². The number of carbonyl (C=O) groups excluding carboxylic acids is 3. The van der Waals surface area contributed by atoms with Crippen molar-refractivity contribution in [3.63, 3.8) is 0 Å². The van der Waals surface area contributed by atoms with E-state index >= 15 is 0 Å². The van der Waals surface area contributed by atoms with Gasteiger partial charge in [0.15, 0.2) is 0 Å². The van der Waals surface area contributed by atoms with Gasteiger partial charge in [-0.2, -0.15) is 0 Å². The van der Waals surface area contributed by atoms with E-state index in [4.69, 9.17) is 4.74 Å². The molecule has 0 aromatic rings. The predicted octanol–water partition coefficient (Wildman–Crippen LogP) is 1.43. The molecule has 0 aliphatic carbocycles. The van der Waals surface area contributed by atoms with E-state index in [0.717, 1.165) is 6.42 Å². The van der Waals surface area contributed by atoms with Crippen molar-refractivity contribution in [2.75, 3.05) is 20.3 Å². The summed E-state index contributed by atoms with van der Waals surface area (Å²) in [4.78, 5) is 33.4. The van der Waals surface area contributed by atoms with Crippen LogP contribution in [0.4, 0.5) is 0 Å². The molecule has 0 radical (unpaired) electrons. The number of amides is 1. The molecule has 0 fully saturated rings. The summed E-state index contributed by atoms with van der Waals surface area (Å²) < 4.78 is 9.46. The van der Waals surface area contributed by atoms with Crippen LogP contribution in [0.5, 0.6) is 0 Å². The zero-order valence-corrected chi connectivity index (χ0v) is 12.6. The van der Waals surface area contributed by atoms with E-state index in [9.17, 15) is 14.4 Å². The average molecular weight is 287 g/mol. The zero-order valence-electron chi connectivity index (χ0n) is 12.6. The van der Waals surface area contributed by atoms with E-state index in [1.54, 1.807) is 0 Å². The molecule has 6 nitrogen and oxygen atoms in total. The first-order valence-electron chi connectivity index (χ1n) is 6.94. The molecule has 0 aromatic heterocycles. The molecule has 0 spiro atoms. The van der Waals surface area contributed by atoms with Crippen LogP contribution < -0.4 is 5.32 Å². The monoisotopic (exact) mass is 287 g/mol. The second-order valence-corrected chi connectivity index (χ2v) is 4.93.